The van der Waals surface area contributed by atoms with E-state index in [2.05, 4.69) is 5.32 Å². The number of aryl methyl sites for hydroxylation is 1. The number of ketones is 2. The smallest absolute Gasteiger partial charge is 0.258 e. The Morgan fingerprint density at radius 2 is 1.57 bits per heavy atom. The molecule has 1 N–H and O–H groups in total. The van der Waals surface area contributed by atoms with Gasteiger partial charge in [-0.05, 0) is 19.9 Å². The van der Waals surface area contributed by atoms with Crippen LogP contribution in [-0.4, -0.2) is 17.5 Å². The molecule has 0 aliphatic carbocycles. The maximum absolute atomic E-state index is 12.8. The summed E-state index contributed by atoms with van der Waals surface area (Å²) in [6.45, 7) is 2.86. The first-order chi connectivity index (χ1) is 13.4. The van der Waals surface area contributed by atoms with Crippen LogP contribution in [0.1, 0.15) is 54.9 Å². The van der Waals surface area contributed by atoms with E-state index in [1.54, 1.807) is 55.5 Å². The minimum Gasteiger partial charge on any atom is -0.443 e. The van der Waals surface area contributed by atoms with Crippen molar-refractivity contribution in [1.29, 1.82) is 5.26 Å². The maximum atomic E-state index is 12.8. The standard InChI is InChI=1S/C22H16N2O4/c1-13(25)19-14(2)28-22(18(19)12-23)24-21(27)17-11-7-6-10-16(17)20(26)15-8-4-3-5-9-15/h3-11H,1-2H3,(H,24,27). The molecule has 28 heavy (non-hydrogen) atoms. The second kappa shape index (κ2) is 7.72. The Morgan fingerprint density at radius 1 is 0.964 bits per heavy atom. The van der Waals surface area contributed by atoms with Gasteiger partial charge in [-0.3, -0.25) is 19.7 Å². The minimum atomic E-state index is -0.611. The first-order valence-electron chi connectivity index (χ1n) is 8.48. The molecule has 0 atom stereocenters. The van der Waals surface area contributed by atoms with Crippen LogP contribution in [0, 0.1) is 18.3 Å². The maximum Gasteiger partial charge on any atom is 0.258 e. The molecule has 6 nitrogen and oxygen atoms in total. The third-order valence-electron chi connectivity index (χ3n) is 4.23. The van der Waals surface area contributed by atoms with Crippen LogP contribution in [0.25, 0.3) is 0 Å². The Balaban J connectivity index is 1.98. The molecule has 1 aromatic heterocycles. The van der Waals surface area contributed by atoms with E-state index in [1.165, 1.54) is 13.0 Å². The van der Waals surface area contributed by atoms with Crippen molar-refractivity contribution in [2.24, 2.45) is 0 Å². The van der Waals surface area contributed by atoms with Crippen LogP contribution < -0.4 is 5.32 Å². The second-order valence-electron chi connectivity index (χ2n) is 6.10. The molecule has 0 saturated carbocycles. The molecule has 0 aliphatic heterocycles. The van der Waals surface area contributed by atoms with Gasteiger partial charge in [-0.15, -0.1) is 0 Å². The lowest BCUT2D eigenvalue weighted by molar-refractivity contribution is 0.0994. The Bertz CT molecular complexity index is 1120. The van der Waals surface area contributed by atoms with Gasteiger partial charge in [0.1, 0.15) is 17.4 Å². The SMILES string of the molecule is CC(=O)c1c(C)oc(NC(=O)c2ccccc2C(=O)c2ccccc2)c1C#N. The summed E-state index contributed by atoms with van der Waals surface area (Å²) >= 11 is 0. The molecule has 1 heterocycles. The van der Waals surface area contributed by atoms with Crippen molar-refractivity contribution in [3.8, 4) is 6.07 Å². The predicted octanol–water partition coefficient (Wildman–Crippen LogP) is 4.15. The van der Waals surface area contributed by atoms with Crippen molar-refractivity contribution in [1.82, 2.24) is 0 Å². The normalized spacial score (nSPS) is 10.2. The Hall–Kier alpha value is -3.98. The monoisotopic (exact) mass is 372 g/mol. The molecule has 2 aromatic carbocycles. The molecule has 0 radical (unpaired) electrons. The summed E-state index contributed by atoms with van der Waals surface area (Å²) in [7, 11) is 0. The fraction of sp³-hybridized carbons (Fsp3) is 0.0909. The lowest BCUT2D eigenvalue weighted by atomic mass is 9.98. The molecule has 0 spiro atoms. The highest BCUT2D eigenvalue weighted by Crippen LogP contribution is 2.27. The molecule has 1 amide bonds. The highest BCUT2D eigenvalue weighted by Gasteiger charge is 2.24. The minimum absolute atomic E-state index is 0.0368. The van der Waals surface area contributed by atoms with Gasteiger partial charge >= 0.3 is 0 Å². The zero-order valence-electron chi connectivity index (χ0n) is 15.3. The van der Waals surface area contributed by atoms with Crippen molar-refractivity contribution in [3.05, 3.63) is 88.2 Å². The van der Waals surface area contributed by atoms with Crippen LogP contribution in [0.4, 0.5) is 5.88 Å². The van der Waals surface area contributed by atoms with E-state index in [0.717, 1.165) is 0 Å². The van der Waals surface area contributed by atoms with Crippen LogP contribution >= 0.6 is 0 Å². The van der Waals surface area contributed by atoms with Crippen molar-refractivity contribution in [3.63, 3.8) is 0 Å². The summed E-state index contributed by atoms with van der Waals surface area (Å²) in [5.41, 5.74) is 0.906. The Labute approximate surface area is 161 Å². The van der Waals surface area contributed by atoms with E-state index in [1.807, 2.05) is 6.07 Å². The van der Waals surface area contributed by atoms with Crippen molar-refractivity contribution in [2.75, 3.05) is 5.32 Å². The van der Waals surface area contributed by atoms with Gasteiger partial charge < -0.3 is 4.42 Å². The number of nitriles is 1. The number of furan rings is 1. The number of hydrogen-bond donors (Lipinski definition) is 1. The molecule has 3 rings (SSSR count). The number of carbonyl (C=O) groups is 3. The average molecular weight is 372 g/mol. The van der Waals surface area contributed by atoms with Gasteiger partial charge in [0.15, 0.2) is 11.6 Å². The van der Waals surface area contributed by atoms with E-state index in [0.29, 0.717) is 5.56 Å². The van der Waals surface area contributed by atoms with Crippen molar-refractivity contribution in [2.45, 2.75) is 13.8 Å². The van der Waals surface area contributed by atoms with E-state index in [9.17, 15) is 19.6 Å². The largest absolute Gasteiger partial charge is 0.443 e. The number of Topliss-reactive ketones (excluding diaryl/α,β-unsaturated/α-hetero) is 1. The zero-order chi connectivity index (χ0) is 20.3. The first kappa shape index (κ1) is 18.8. The summed E-state index contributed by atoms with van der Waals surface area (Å²) in [6, 6.07) is 16.9. The first-order valence-corrected chi connectivity index (χ1v) is 8.48. The van der Waals surface area contributed by atoms with Gasteiger partial charge in [0.2, 0.25) is 5.88 Å². The summed E-state index contributed by atoms with van der Waals surface area (Å²) < 4.78 is 5.41. The van der Waals surface area contributed by atoms with Crippen LogP contribution in [0.2, 0.25) is 0 Å². The molecule has 6 heteroatoms. The second-order valence-corrected chi connectivity index (χ2v) is 6.10. The van der Waals surface area contributed by atoms with E-state index >= 15 is 0 Å². The summed E-state index contributed by atoms with van der Waals surface area (Å²) in [5, 5.41) is 11.9. The van der Waals surface area contributed by atoms with Gasteiger partial charge in [0, 0.05) is 11.1 Å². The number of nitrogens with zero attached hydrogens (tertiary/aromatic N) is 1. The van der Waals surface area contributed by atoms with Gasteiger partial charge in [0.25, 0.3) is 5.91 Å². The molecule has 3 aromatic rings. The van der Waals surface area contributed by atoms with Gasteiger partial charge in [-0.2, -0.15) is 5.26 Å². The van der Waals surface area contributed by atoms with Crippen LogP contribution in [-0.2, 0) is 0 Å². The Morgan fingerprint density at radius 3 is 2.18 bits per heavy atom. The fourth-order valence-corrected chi connectivity index (χ4v) is 2.96. The molecule has 0 bridgehead atoms. The van der Waals surface area contributed by atoms with Crippen LogP contribution in [0.3, 0.4) is 0 Å². The quantitative estimate of drug-likeness (QED) is 0.678. The molecule has 138 valence electrons. The average Bonchev–Trinajstić information content (AvgIpc) is 3.03. The highest BCUT2D eigenvalue weighted by molar-refractivity contribution is 6.17. The molecule has 0 fully saturated rings. The third kappa shape index (κ3) is 3.46. The number of amides is 1. The molecular weight excluding hydrogens is 356 g/mol. The number of nitrogens with one attached hydrogen (secondary N) is 1. The highest BCUT2D eigenvalue weighted by atomic mass is 16.4. The summed E-state index contributed by atoms with van der Waals surface area (Å²) in [6.07, 6.45) is 0. The zero-order valence-corrected chi connectivity index (χ0v) is 15.3. The van der Waals surface area contributed by atoms with Crippen molar-refractivity contribution < 1.29 is 18.8 Å². The lowest BCUT2D eigenvalue weighted by Gasteiger charge is -2.08. The van der Waals surface area contributed by atoms with E-state index in [-0.39, 0.29) is 45.5 Å². The van der Waals surface area contributed by atoms with Gasteiger partial charge in [-0.25, -0.2) is 0 Å². The lowest BCUT2D eigenvalue weighted by Crippen LogP contribution is -2.17. The third-order valence-corrected chi connectivity index (χ3v) is 4.23. The molecule has 0 saturated heterocycles. The van der Waals surface area contributed by atoms with Gasteiger partial charge in [0.05, 0.1) is 11.1 Å². The summed E-state index contributed by atoms with van der Waals surface area (Å²) in [4.78, 5) is 37.4. The molecular formula is C22H16N2O4. The summed E-state index contributed by atoms with van der Waals surface area (Å²) in [5.74, 6) is -1.12. The Kier molecular flexibility index (Phi) is 5.18. The number of carbonyl (C=O) groups excluding carboxylic acids is 3. The fourth-order valence-electron chi connectivity index (χ4n) is 2.96. The van der Waals surface area contributed by atoms with Crippen molar-refractivity contribution >= 4 is 23.4 Å². The number of benzene rings is 2. The van der Waals surface area contributed by atoms with Crippen LogP contribution in [0.5, 0.6) is 0 Å². The van der Waals surface area contributed by atoms with E-state index in [4.69, 9.17) is 4.42 Å². The number of rotatable bonds is 5. The molecule has 0 unspecified atom stereocenters. The topological polar surface area (TPSA) is 100 Å². The predicted molar refractivity (Wildman–Crippen MR) is 102 cm³/mol. The number of hydrogen-bond acceptors (Lipinski definition) is 5. The van der Waals surface area contributed by atoms with Crippen LogP contribution in [0.15, 0.2) is 59.0 Å². The number of anilines is 1. The van der Waals surface area contributed by atoms with E-state index < -0.39 is 5.91 Å². The molecule has 0 aliphatic rings. The van der Waals surface area contributed by atoms with Gasteiger partial charge in [-0.1, -0.05) is 48.5 Å².